The minimum Gasteiger partial charge on any atom is -0.481 e. The van der Waals surface area contributed by atoms with Crippen molar-refractivity contribution in [2.24, 2.45) is 0 Å². The maximum absolute atomic E-state index is 9.70. The summed E-state index contributed by atoms with van der Waals surface area (Å²) in [4.78, 5) is 13.0. The fourth-order valence-corrected chi connectivity index (χ4v) is 3.66. The topological polar surface area (TPSA) is 129 Å². The molecule has 0 aliphatic heterocycles. The Hall–Kier alpha value is -3.60. The Bertz CT molecular complexity index is 1160. The van der Waals surface area contributed by atoms with Crippen LogP contribution in [0.25, 0.3) is 16.9 Å². The second kappa shape index (κ2) is 7.67. The molecule has 154 valence electrons. The summed E-state index contributed by atoms with van der Waals surface area (Å²) in [5.74, 6) is 0.900. The van der Waals surface area contributed by atoms with Crippen LogP contribution < -0.4 is 10.1 Å². The van der Waals surface area contributed by atoms with Gasteiger partial charge in [-0.05, 0) is 31.7 Å². The third kappa shape index (κ3) is 3.54. The third-order valence-electron chi connectivity index (χ3n) is 5.26. The molecule has 4 aromatic heterocycles. The van der Waals surface area contributed by atoms with Gasteiger partial charge < -0.3 is 15.2 Å². The number of nitrogens with one attached hydrogen (secondary N) is 1. The summed E-state index contributed by atoms with van der Waals surface area (Å²) in [7, 11) is 1.56. The van der Waals surface area contributed by atoms with Gasteiger partial charge in [-0.3, -0.25) is 4.68 Å². The molecule has 0 atom stereocenters. The second-order valence-electron chi connectivity index (χ2n) is 7.26. The van der Waals surface area contributed by atoms with E-state index in [1.165, 1.54) is 0 Å². The lowest BCUT2D eigenvalue weighted by Crippen LogP contribution is -2.21. The van der Waals surface area contributed by atoms with Crippen molar-refractivity contribution in [1.29, 1.82) is 0 Å². The van der Waals surface area contributed by atoms with E-state index in [2.05, 4.69) is 35.7 Å². The lowest BCUT2D eigenvalue weighted by molar-refractivity contribution is 0.108. The van der Waals surface area contributed by atoms with E-state index in [9.17, 15) is 5.11 Å². The lowest BCUT2D eigenvalue weighted by Gasteiger charge is -2.25. The minimum absolute atomic E-state index is 0.187. The number of rotatable bonds is 5. The number of aromatic nitrogens is 8. The minimum atomic E-state index is -0.187. The van der Waals surface area contributed by atoms with Crippen LogP contribution in [0.5, 0.6) is 5.88 Å². The van der Waals surface area contributed by atoms with Gasteiger partial charge in [-0.25, -0.2) is 9.97 Å². The molecule has 4 heterocycles. The zero-order valence-corrected chi connectivity index (χ0v) is 16.4. The Labute approximate surface area is 171 Å². The van der Waals surface area contributed by atoms with Gasteiger partial charge >= 0.3 is 0 Å². The quantitative estimate of drug-likeness (QED) is 0.510. The number of anilines is 2. The Morgan fingerprint density at radius 2 is 2.03 bits per heavy atom. The van der Waals surface area contributed by atoms with Crippen LogP contribution in [0.1, 0.15) is 31.7 Å². The van der Waals surface area contributed by atoms with Crippen LogP contribution in [0.15, 0.2) is 36.9 Å². The Kier molecular flexibility index (Phi) is 4.71. The summed E-state index contributed by atoms with van der Waals surface area (Å²) in [6, 6.07) is 3.87. The van der Waals surface area contributed by atoms with Crippen LogP contribution in [0, 0.1) is 0 Å². The van der Waals surface area contributed by atoms with E-state index >= 15 is 0 Å². The fraction of sp³-hybridized carbons (Fsp3) is 0.368. The number of aliphatic hydroxyl groups is 1. The van der Waals surface area contributed by atoms with Gasteiger partial charge in [-0.2, -0.15) is 14.8 Å². The van der Waals surface area contributed by atoms with E-state index in [0.717, 1.165) is 37.1 Å². The Morgan fingerprint density at radius 1 is 1.17 bits per heavy atom. The van der Waals surface area contributed by atoms with E-state index < -0.39 is 0 Å². The molecule has 0 aromatic carbocycles. The highest BCUT2D eigenvalue weighted by Gasteiger charge is 2.21. The highest BCUT2D eigenvalue weighted by molar-refractivity contribution is 5.72. The normalized spacial score (nSPS) is 19.1. The molecule has 30 heavy (non-hydrogen) atoms. The van der Waals surface area contributed by atoms with Gasteiger partial charge in [0.1, 0.15) is 0 Å². The van der Waals surface area contributed by atoms with E-state index in [0.29, 0.717) is 29.0 Å². The van der Waals surface area contributed by atoms with Gasteiger partial charge in [0.25, 0.3) is 0 Å². The van der Waals surface area contributed by atoms with E-state index in [-0.39, 0.29) is 6.10 Å². The zero-order chi connectivity index (χ0) is 20.5. The number of ether oxygens (including phenoxy) is 1. The molecule has 0 saturated heterocycles. The molecule has 0 amide bonds. The van der Waals surface area contributed by atoms with Crippen molar-refractivity contribution in [3.63, 3.8) is 0 Å². The zero-order valence-electron chi connectivity index (χ0n) is 16.4. The van der Waals surface area contributed by atoms with Crippen LogP contribution in [-0.4, -0.2) is 58.0 Å². The van der Waals surface area contributed by atoms with Gasteiger partial charge in [0.2, 0.25) is 11.8 Å². The van der Waals surface area contributed by atoms with E-state index in [1.54, 1.807) is 42.5 Å². The molecule has 1 aliphatic rings. The molecule has 11 nitrogen and oxygen atoms in total. The molecule has 5 rings (SSSR count). The van der Waals surface area contributed by atoms with Gasteiger partial charge in [0, 0.05) is 18.5 Å². The van der Waals surface area contributed by atoms with Crippen LogP contribution in [0.3, 0.4) is 0 Å². The Morgan fingerprint density at radius 3 is 2.87 bits per heavy atom. The molecule has 0 bridgehead atoms. The maximum Gasteiger partial charge on any atom is 0.229 e. The van der Waals surface area contributed by atoms with Crippen molar-refractivity contribution in [2.45, 2.75) is 37.8 Å². The number of nitrogens with zero attached hydrogens (tertiary/aromatic N) is 8. The van der Waals surface area contributed by atoms with Crippen molar-refractivity contribution >= 4 is 22.8 Å². The summed E-state index contributed by atoms with van der Waals surface area (Å²) < 4.78 is 8.75. The van der Waals surface area contributed by atoms with Crippen LogP contribution in [-0.2, 0) is 0 Å². The smallest absolute Gasteiger partial charge is 0.229 e. The maximum atomic E-state index is 9.70. The molecular formula is C19H21N9O2. The van der Waals surface area contributed by atoms with Crippen molar-refractivity contribution in [2.75, 3.05) is 12.4 Å². The number of aliphatic hydroxyl groups excluding tert-OH is 1. The van der Waals surface area contributed by atoms with Crippen LogP contribution in [0.4, 0.5) is 11.6 Å². The second-order valence-corrected chi connectivity index (χ2v) is 7.26. The number of hydrogen-bond acceptors (Lipinski definition) is 9. The summed E-state index contributed by atoms with van der Waals surface area (Å²) in [6.07, 6.45) is 10.2. The van der Waals surface area contributed by atoms with Crippen molar-refractivity contribution < 1.29 is 9.84 Å². The molecule has 4 aromatic rings. The molecule has 2 N–H and O–H groups in total. The third-order valence-corrected chi connectivity index (χ3v) is 5.26. The van der Waals surface area contributed by atoms with Crippen molar-refractivity contribution in [3.8, 4) is 11.6 Å². The average Bonchev–Trinajstić information content (AvgIpc) is 3.41. The standard InChI is InChI=1S/C19H21N9O2/c1-30-17-8-14(6-7-20-17)28-18-16(25-26-28)10-21-19(24-18)23-12-9-22-27(11-12)13-2-4-15(29)5-3-13/h6-11,13,15,29H,2-5H2,1H3,(H,21,23,24). The molecular weight excluding hydrogens is 386 g/mol. The monoisotopic (exact) mass is 407 g/mol. The first-order chi connectivity index (χ1) is 14.7. The molecule has 0 radical (unpaired) electrons. The average molecular weight is 407 g/mol. The molecule has 11 heteroatoms. The SMILES string of the molecule is COc1cc(-n2nnc3cnc(Nc4cnn(C5CCC(O)CC5)c4)nc32)ccn1. The van der Waals surface area contributed by atoms with Crippen molar-refractivity contribution in [1.82, 2.24) is 39.7 Å². The van der Waals surface area contributed by atoms with Crippen LogP contribution in [0.2, 0.25) is 0 Å². The van der Waals surface area contributed by atoms with Gasteiger partial charge in [0.05, 0.1) is 43.0 Å². The molecule has 1 saturated carbocycles. The summed E-state index contributed by atoms with van der Waals surface area (Å²) in [5.41, 5.74) is 2.67. The van der Waals surface area contributed by atoms with E-state index in [4.69, 9.17) is 4.74 Å². The first kappa shape index (κ1) is 18.4. The molecule has 1 aliphatic carbocycles. The van der Waals surface area contributed by atoms with Crippen molar-refractivity contribution in [3.05, 3.63) is 36.9 Å². The summed E-state index contributed by atoms with van der Waals surface area (Å²) in [6.45, 7) is 0. The largest absolute Gasteiger partial charge is 0.481 e. The molecule has 0 spiro atoms. The van der Waals surface area contributed by atoms with Gasteiger partial charge in [-0.1, -0.05) is 5.21 Å². The van der Waals surface area contributed by atoms with Gasteiger partial charge in [-0.15, -0.1) is 5.10 Å². The van der Waals surface area contributed by atoms with Gasteiger partial charge in [0.15, 0.2) is 11.2 Å². The predicted octanol–water partition coefficient (Wildman–Crippen LogP) is 2.03. The Balaban J connectivity index is 1.39. The fourth-order valence-electron chi connectivity index (χ4n) is 3.66. The first-order valence-electron chi connectivity index (χ1n) is 9.78. The number of hydrogen-bond donors (Lipinski definition) is 2. The first-order valence-corrected chi connectivity index (χ1v) is 9.78. The molecule has 0 unspecified atom stereocenters. The highest BCUT2D eigenvalue weighted by Crippen LogP contribution is 2.29. The van der Waals surface area contributed by atoms with Crippen LogP contribution >= 0.6 is 0 Å². The highest BCUT2D eigenvalue weighted by atomic mass is 16.5. The number of pyridine rings is 1. The lowest BCUT2D eigenvalue weighted by atomic mass is 9.93. The van der Waals surface area contributed by atoms with E-state index in [1.807, 2.05) is 10.9 Å². The number of methoxy groups -OCH3 is 1. The summed E-state index contributed by atoms with van der Waals surface area (Å²) in [5, 5.41) is 25.7. The predicted molar refractivity (Wildman–Crippen MR) is 108 cm³/mol. The summed E-state index contributed by atoms with van der Waals surface area (Å²) >= 11 is 0. The molecule has 1 fully saturated rings. The number of fused-ring (bicyclic) bond motifs is 1.